The number of hydrogen-bond acceptors (Lipinski definition) is 6. The van der Waals surface area contributed by atoms with Crippen molar-refractivity contribution in [3.63, 3.8) is 0 Å². The minimum absolute atomic E-state index is 0.149. The lowest BCUT2D eigenvalue weighted by atomic mass is 10.1. The summed E-state index contributed by atoms with van der Waals surface area (Å²) in [4.78, 5) is 33.3. The van der Waals surface area contributed by atoms with Gasteiger partial charge in [-0.2, -0.15) is 0 Å². The van der Waals surface area contributed by atoms with E-state index in [1.165, 1.54) is 6.20 Å². The van der Waals surface area contributed by atoms with Gasteiger partial charge in [-0.1, -0.05) is 30.3 Å². The van der Waals surface area contributed by atoms with E-state index in [1.54, 1.807) is 31.3 Å². The molecule has 0 aliphatic heterocycles. The van der Waals surface area contributed by atoms with Gasteiger partial charge in [-0.05, 0) is 43.3 Å². The van der Waals surface area contributed by atoms with Gasteiger partial charge in [0.25, 0.3) is 5.91 Å². The molecule has 4 rings (SSSR count). The minimum atomic E-state index is -0.283. The van der Waals surface area contributed by atoms with E-state index < -0.39 is 0 Å². The van der Waals surface area contributed by atoms with E-state index in [1.807, 2.05) is 48.5 Å². The highest BCUT2D eigenvalue weighted by molar-refractivity contribution is 6.05. The smallest absolute Gasteiger partial charge is 0.257 e. The number of nitrogens with one attached hydrogen (secondary N) is 2. The van der Waals surface area contributed by atoms with Crippen LogP contribution in [-0.2, 0) is 11.3 Å². The van der Waals surface area contributed by atoms with Crippen LogP contribution in [0, 0.1) is 6.92 Å². The van der Waals surface area contributed by atoms with Gasteiger partial charge in [-0.15, -0.1) is 0 Å². The maximum atomic E-state index is 12.6. The van der Waals surface area contributed by atoms with Crippen molar-refractivity contribution in [3.05, 3.63) is 96.1 Å². The molecule has 0 fully saturated rings. The number of amides is 2. The molecule has 34 heavy (non-hydrogen) atoms. The zero-order valence-electron chi connectivity index (χ0n) is 18.7. The summed E-state index contributed by atoms with van der Waals surface area (Å²) in [5.41, 5.74) is 2.25. The van der Waals surface area contributed by atoms with Crippen LogP contribution in [0.5, 0.6) is 5.75 Å². The number of aromatic nitrogens is 2. The summed E-state index contributed by atoms with van der Waals surface area (Å²) in [6.45, 7) is 2.29. The predicted molar refractivity (Wildman–Crippen MR) is 127 cm³/mol. The number of rotatable bonds is 9. The lowest BCUT2D eigenvalue weighted by Gasteiger charge is -2.08. The summed E-state index contributed by atoms with van der Waals surface area (Å²) < 4.78 is 11.4. The molecule has 0 aliphatic carbocycles. The van der Waals surface area contributed by atoms with Gasteiger partial charge >= 0.3 is 0 Å². The van der Waals surface area contributed by atoms with E-state index in [0.717, 1.165) is 5.75 Å². The van der Waals surface area contributed by atoms with Crippen LogP contribution in [-0.4, -0.2) is 28.4 Å². The van der Waals surface area contributed by atoms with Crippen LogP contribution in [0.15, 0.2) is 83.5 Å². The van der Waals surface area contributed by atoms with E-state index in [4.69, 9.17) is 9.15 Å². The zero-order chi connectivity index (χ0) is 23.8. The number of aryl methyl sites for hydroxylation is 1. The second kappa shape index (κ2) is 10.9. The molecule has 0 saturated heterocycles. The number of benzene rings is 2. The van der Waals surface area contributed by atoms with Gasteiger partial charge in [-0.25, -0.2) is 4.98 Å². The molecular formula is C26H24N4O4. The molecule has 2 amide bonds. The summed E-state index contributed by atoms with van der Waals surface area (Å²) in [5, 5.41) is 5.72. The summed E-state index contributed by atoms with van der Waals surface area (Å²) in [6.07, 6.45) is 3.33. The van der Waals surface area contributed by atoms with E-state index in [2.05, 4.69) is 20.6 Å². The van der Waals surface area contributed by atoms with Gasteiger partial charge in [0.2, 0.25) is 11.8 Å². The van der Waals surface area contributed by atoms with Gasteiger partial charge < -0.3 is 19.8 Å². The molecule has 2 aromatic carbocycles. The topological polar surface area (TPSA) is 106 Å². The van der Waals surface area contributed by atoms with Crippen molar-refractivity contribution in [3.8, 4) is 17.2 Å². The van der Waals surface area contributed by atoms with E-state index >= 15 is 0 Å². The molecule has 8 heteroatoms. The Balaban J connectivity index is 1.37. The second-order valence-electron chi connectivity index (χ2n) is 7.45. The summed E-state index contributed by atoms with van der Waals surface area (Å²) in [5.74, 6) is 1.24. The molecule has 0 unspecified atom stereocenters. The quantitative estimate of drug-likeness (QED) is 0.387. The van der Waals surface area contributed by atoms with Crippen LogP contribution < -0.4 is 15.4 Å². The lowest BCUT2D eigenvalue weighted by molar-refractivity contribution is -0.121. The number of oxazole rings is 1. The highest BCUT2D eigenvalue weighted by Gasteiger charge is 2.17. The lowest BCUT2D eigenvalue weighted by Crippen LogP contribution is -2.24. The summed E-state index contributed by atoms with van der Waals surface area (Å²) in [7, 11) is 0. The molecule has 2 N–H and O–H groups in total. The normalized spacial score (nSPS) is 10.5. The van der Waals surface area contributed by atoms with E-state index in [0.29, 0.717) is 34.2 Å². The number of nitrogens with zero attached hydrogens (tertiary/aromatic N) is 2. The number of carbonyl (C=O) groups is 2. The second-order valence-corrected chi connectivity index (χ2v) is 7.45. The number of hydrogen-bond donors (Lipinski definition) is 2. The first kappa shape index (κ1) is 22.7. The summed E-state index contributed by atoms with van der Waals surface area (Å²) in [6, 6.07) is 20.0. The highest BCUT2D eigenvalue weighted by Crippen LogP contribution is 2.29. The minimum Gasteiger partial charge on any atom is -0.493 e. The molecule has 0 aliphatic rings. The average Bonchev–Trinajstić information content (AvgIpc) is 3.24. The fourth-order valence-electron chi connectivity index (χ4n) is 3.23. The third kappa shape index (κ3) is 5.86. The number of ether oxygens (including phenoxy) is 1. The molecule has 4 aromatic rings. The van der Waals surface area contributed by atoms with Gasteiger partial charge in [0.15, 0.2) is 0 Å². The van der Waals surface area contributed by atoms with Crippen LogP contribution in [0.3, 0.4) is 0 Å². The first-order valence-electron chi connectivity index (χ1n) is 10.8. The van der Waals surface area contributed by atoms with Crippen molar-refractivity contribution < 1.29 is 18.7 Å². The number of carbonyl (C=O) groups excluding carboxylic acids is 2. The number of para-hydroxylation sites is 2. The molecule has 0 saturated carbocycles. The van der Waals surface area contributed by atoms with Gasteiger partial charge in [0.1, 0.15) is 17.2 Å². The molecule has 0 atom stereocenters. The maximum absolute atomic E-state index is 12.6. The Bertz CT molecular complexity index is 1260. The van der Waals surface area contributed by atoms with Crippen molar-refractivity contribution in [2.45, 2.75) is 19.9 Å². The molecule has 8 nitrogen and oxygen atoms in total. The number of pyridine rings is 1. The van der Waals surface area contributed by atoms with Gasteiger partial charge in [0.05, 0.1) is 36.4 Å². The molecule has 0 radical (unpaired) electrons. The predicted octanol–water partition coefficient (Wildman–Crippen LogP) is 4.38. The Morgan fingerprint density at radius 1 is 1.00 bits per heavy atom. The maximum Gasteiger partial charge on any atom is 0.257 e. The van der Waals surface area contributed by atoms with Crippen molar-refractivity contribution in [2.24, 2.45) is 0 Å². The van der Waals surface area contributed by atoms with Crippen molar-refractivity contribution in [1.82, 2.24) is 15.3 Å². The Hall–Kier alpha value is -4.46. The average molecular weight is 457 g/mol. The Labute approximate surface area is 197 Å². The van der Waals surface area contributed by atoms with Crippen molar-refractivity contribution in [2.75, 3.05) is 11.9 Å². The SMILES string of the molecule is Cc1oc(-c2ccccc2NC(=O)c2cccnc2)nc1CNC(=O)CCOc1ccccc1. The summed E-state index contributed by atoms with van der Waals surface area (Å²) >= 11 is 0. The van der Waals surface area contributed by atoms with Gasteiger partial charge in [0, 0.05) is 12.4 Å². The van der Waals surface area contributed by atoms with Crippen LogP contribution in [0.4, 0.5) is 5.69 Å². The highest BCUT2D eigenvalue weighted by atomic mass is 16.5. The largest absolute Gasteiger partial charge is 0.493 e. The molecule has 0 bridgehead atoms. The van der Waals surface area contributed by atoms with Crippen LogP contribution in [0.2, 0.25) is 0 Å². The zero-order valence-corrected chi connectivity index (χ0v) is 18.7. The van der Waals surface area contributed by atoms with Crippen molar-refractivity contribution in [1.29, 1.82) is 0 Å². The standard InChI is InChI=1S/C26H24N4O4/c1-18-23(17-28-24(31)13-15-33-20-9-3-2-4-10-20)30-26(34-18)21-11-5-6-12-22(21)29-25(32)19-8-7-14-27-16-19/h2-12,14,16H,13,15,17H2,1H3,(H,28,31)(H,29,32). The molecule has 2 aromatic heterocycles. The Morgan fingerprint density at radius 2 is 1.79 bits per heavy atom. The van der Waals surface area contributed by atoms with Crippen LogP contribution in [0.25, 0.3) is 11.5 Å². The Kier molecular flexibility index (Phi) is 7.29. The third-order valence-corrected chi connectivity index (χ3v) is 5.02. The monoisotopic (exact) mass is 456 g/mol. The fourth-order valence-corrected chi connectivity index (χ4v) is 3.23. The van der Waals surface area contributed by atoms with E-state index in [9.17, 15) is 9.59 Å². The molecular weight excluding hydrogens is 432 g/mol. The number of anilines is 1. The van der Waals surface area contributed by atoms with E-state index in [-0.39, 0.29) is 31.4 Å². The van der Waals surface area contributed by atoms with Crippen molar-refractivity contribution >= 4 is 17.5 Å². The molecule has 172 valence electrons. The van der Waals surface area contributed by atoms with Gasteiger partial charge in [-0.3, -0.25) is 14.6 Å². The van der Waals surface area contributed by atoms with Crippen LogP contribution in [0.1, 0.15) is 28.2 Å². The first-order valence-corrected chi connectivity index (χ1v) is 10.8. The fraction of sp³-hybridized carbons (Fsp3) is 0.154. The molecule has 2 heterocycles. The first-order chi connectivity index (χ1) is 16.6. The third-order valence-electron chi connectivity index (χ3n) is 5.02. The van der Waals surface area contributed by atoms with Crippen LogP contribution >= 0.6 is 0 Å². The molecule has 0 spiro atoms. The Morgan fingerprint density at radius 3 is 2.59 bits per heavy atom.